The van der Waals surface area contributed by atoms with E-state index < -0.39 is 0 Å². The van der Waals surface area contributed by atoms with Gasteiger partial charge in [-0.15, -0.1) is 0 Å². The molecular weight excluding hydrogens is 350 g/mol. The first-order chi connectivity index (χ1) is 14.1. The zero-order chi connectivity index (χ0) is 21.2. The van der Waals surface area contributed by atoms with Crippen LogP contribution in [0.25, 0.3) is 0 Å². The molecule has 168 valence electrons. The van der Waals surface area contributed by atoms with Crippen LogP contribution in [0.5, 0.6) is 0 Å². The van der Waals surface area contributed by atoms with Crippen LogP contribution >= 0.6 is 0 Å². The Morgan fingerprint density at radius 2 is 1.14 bits per heavy atom. The Morgan fingerprint density at radius 1 is 0.690 bits per heavy atom. The van der Waals surface area contributed by atoms with Crippen molar-refractivity contribution in [2.45, 2.75) is 136 Å². The first-order valence-corrected chi connectivity index (χ1v) is 12.8. The highest BCUT2D eigenvalue weighted by molar-refractivity contribution is 5.14. The van der Waals surface area contributed by atoms with Gasteiger partial charge in [0.2, 0.25) is 0 Å². The standard InChI is InChI=1S/C28H51N/c1-5-6-7-8-9-10-11-12-13-14-15-16-17-19-22-26(2)28(3,4)29-25-27-23-20-18-21-24-27/h18,20-21,23-24,26,29H,5-17,19,22,25H2,1-4H3. The molecule has 1 nitrogen and oxygen atoms in total. The third-order valence-corrected chi connectivity index (χ3v) is 6.81. The van der Waals surface area contributed by atoms with E-state index in [1.165, 1.54) is 102 Å². The number of hydrogen-bond acceptors (Lipinski definition) is 1. The first kappa shape index (κ1) is 26.2. The van der Waals surface area contributed by atoms with Gasteiger partial charge in [-0.25, -0.2) is 0 Å². The third kappa shape index (κ3) is 13.9. The van der Waals surface area contributed by atoms with Gasteiger partial charge in [-0.3, -0.25) is 0 Å². The van der Waals surface area contributed by atoms with E-state index in [2.05, 4.69) is 63.3 Å². The molecule has 0 heterocycles. The molecule has 0 amide bonds. The zero-order valence-corrected chi connectivity index (χ0v) is 20.3. The fourth-order valence-corrected chi connectivity index (χ4v) is 4.11. The summed E-state index contributed by atoms with van der Waals surface area (Å²) in [6.07, 6.45) is 21.5. The summed E-state index contributed by atoms with van der Waals surface area (Å²) in [6, 6.07) is 10.8. The van der Waals surface area contributed by atoms with E-state index >= 15 is 0 Å². The Morgan fingerprint density at radius 3 is 1.62 bits per heavy atom. The van der Waals surface area contributed by atoms with Crippen molar-refractivity contribution in [3.63, 3.8) is 0 Å². The number of hydrogen-bond donors (Lipinski definition) is 1. The van der Waals surface area contributed by atoms with Gasteiger partial charge in [0, 0.05) is 12.1 Å². The van der Waals surface area contributed by atoms with Crippen molar-refractivity contribution in [2.75, 3.05) is 0 Å². The summed E-state index contributed by atoms with van der Waals surface area (Å²) >= 11 is 0. The van der Waals surface area contributed by atoms with Crippen molar-refractivity contribution in [1.82, 2.24) is 5.32 Å². The number of rotatable bonds is 19. The molecule has 0 fully saturated rings. The highest BCUT2D eigenvalue weighted by Gasteiger charge is 2.24. The molecule has 1 aromatic rings. The number of nitrogens with one attached hydrogen (secondary N) is 1. The van der Waals surface area contributed by atoms with Gasteiger partial charge in [0.15, 0.2) is 0 Å². The Bertz CT molecular complexity index is 464. The van der Waals surface area contributed by atoms with Crippen LogP contribution in [0.2, 0.25) is 0 Å². The van der Waals surface area contributed by atoms with E-state index in [-0.39, 0.29) is 5.54 Å². The van der Waals surface area contributed by atoms with Crippen molar-refractivity contribution in [3.05, 3.63) is 35.9 Å². The quantitative estimate of drug-likeness (QED) is 0.228. The van der Waals surface area contributed by atoms with Crippen LogP contribution < -0.4 is 5.32 Å². The van der Waals surface area contributed by atoms with Gasteiger partial charge < -0.3 is 5.32 Å². The molecule has 0 saturated heterocycles. The second kappa shape index (κ2) is 16.9. The van der Waals surface area contributed by atoms with Crippen LogP contribution in [-0.4, -0.2) is 5.54 Å². The van der Waals surface area contributed by atoms with Gasteiger partial charge in [0.25, 0.3) is 0 Å². The maximum Gasteiger partial charge on any atom is 0.0210 e. The topological polar surface area (TPSA) is 12.0 Å². The first-order valence-electron chi connectivity index (χ1n) is 12.8. The highest BCUT2D eigenvalue weighted by atomic mass is 15.0. The number of unbranched alkanes of at least 4 members (excludes halogenated alkanes) is 13. The maximum atomic E-state index is 3.77. The van der Waals surface area contributed by atoms with Gasteiger partial charge in [0.05, 0.1) is 0 Å². The molecule has 0 radical (unpaired) electrons. The normalized spacial score (nSPS) is 13.0. The predicted molar refractivity (Wildman–Crippen MR) is 131 cm³/mol. The van der Waals surface area contributed by atoms with Crippen LogP contribution in [-0.2, 0) is 6.54 Å². The molecule has 0 spiro atoms. The molecule has 1 atom stereocenters. The molecule has 1 N–H and O–H groups in total. The van der Waals surface area contributed by atoms with E-state index in [4.69, 9.17) is 0 Å². The largest absolute Gasteiger partial charge is 0.307 e. The van der Waals surface area contributed by atoms with E-state index in [1.54, 1.807) is 0 Å². The van der Waals surface area contributed by atoms with Crippen LogP contribution in [0.15, 0.2) is 30.3 Å². The summed E-state index contributed by atoms with van der Waals surface area (Å²) < 4.78 is 0. The van der Waals surface area contributed by atoms with Gasteiger partial charge in [-0.2, -0.15) is 0 Å². The van der Waals surface area contributed by atoms with Crippen LogP contribution in [0.3, 0.4) is 0 Å². The van der Waals surface area contributed by atoms with E-state index in [0.29, 0.717) is 5.92 Å². The molecule has 1 rings (SSSR count). The van der Waals surface area contributed by atoms with Crippen molar-refractivity contribution in [2.24, 2.45) is 5.92 Å². The molecule has 1 heteroatoms. The monoisotopic (exact) mass is 401 g/mol. The molecule has 0 aliphatic rings. The summed E-state index contributed by atoms with van der Waals surface area (Å²) in [5.41, 5.74) is 1.58. The number of benzene rings is 1. The average molecular weight is 402 g/mol. The van der Waals surface area contributed by atoms with Crippen molar-refractivity contribution in [1.29, 1.82) is 0 Å². The van der Waals surface area contributed by atoms with Gasteiger partial charge in [-0.05, 0) is 31.7 Å². The second-order valence-corrected chi connectivity index (χ2v) is 9.85. The minimum atomic E-state index is 0.201. The highest BCUT2D eigenvalue weighted by Crippen LogP contribution is 2.23. The molecule has 0 aromatic heterocycles. The molecular formula is C28H51N. The molecule has 0 aliphatic carbocycles. The lowest BCUT2D eigenvalue weighted by Crippen LogP contribution is -2.44. The molecule has 0 aliphatic heterocycles. The molecule has 1 aromatic carbocycles. The lowest BCUT2D eigenvalue weighted by Gasteiger charge is -2.33. The Hall–Kier alpha value is -0.820. The molecule has 29 heavy (non-hydrogen) atoms. The van der Waals surface area contributed by atoms with Crippen LogP contribution in [0.1, 0.15) is 130 Å². The van der Waals surface area contributed by atoms with E-state index in [0.717, 1.165) is 6.54 Å². The van der Waals surface area contributed by atoms with Gasteiger partial charge in [-0.1, -0.05) is 134 Å². The fourth-order valence-electron chi connectivity index (χ4n) is 4.11. The van der Waals surface area contributed by atoms with E-state index in [1.807, 2.05) is 0 Å². The SMILES string of the molecule is CCCCCCCCCCCCCCCCC(C)C(C)(C)NCc1ccccc1. The van der Waals surface area contributed by atoms with Gasteiger partial charge in [0.1, 0.15) is 0 Å². The van der Waals surface area contributed by atoms with Gasteiger partial charge >= 0.3 is 0 Å². The second-order valence-electron chi connectivity index (χ2n) is 9.85. The minimum Gasteiger partial charge on any atom is -0.307 e. The van der Waals surface area contributed by atoms with Crippen molar-refractivity contribution in [3.8, 4) is 0 Å². The Balaban J connectivity index is 1.93. The molecule has 0 saturated carbocycles. The summed E-state index contributed by atoms with van der Waals surface area (Å²) in [7, 11) is 0. The summed E-state index contributed by atoms with van der Waals surface area (Å²) in [5, 5.41) is 3.77. The summed E-state index contributed by atoms with van der Waals surface area (Å²) in [6.45, 7) is 10.4. The van der Waals surface area contributed by atoms with Crippen molar-refractivity contribution < 1.29 is 0 Å². The lowest BCUT2D eigenvalue weighted by atomic mass is 9.84. The fraction of sp³-hybridized carbons (Fsp3) is 0.786. The zero-order valence-electron chi connectivity index (χ0n) is 20.3. The van der Waals surface area contributed by atoms with Crippen LogP contribution in [0, 0.1) is 5.92 Å². The Labute approximate surface area is 183 Å². The third-order valence-electron chi connectivity index (χ3n) is 6.81. The minimum absolute atomic E-state index is 0.201. The van der Waals surface area contributed by atoms with Crippen molar-refractivity contribution >= 4 is 0 Å². The summed E-state index contributed by atoms with van der Waals surface area (Å²) in [4.78, 5) is 0. The average Bonchev–Trinajstić information content (AvgIpc) is 2.73. The molecule has 0 bridgehead atoms. The molecule has 1 unspecified atom stereocenters. The van der Waals surface area contributed by atoms with E-state index in [9.17, 15) is 0 Å². The lowest BCUT2D eigenvalue weighted by molar-refractivity contribution is 0.249. The predicted octanol–water partition coefficient (Wildman–Crippen LogP) is 9.06. The smallest absolute Gasteiger partial charge is 0.0210 e. The Kier molecular flexibility index (Phi) is 15.3. The summed E-state index contributed by atoms with van der Waals surface area (Å²) in [5.74, 6) is 0.712. The van der Waals surface area contributed by atoms with Crippen LogP contribution in [0.4, 0.5) is 0 Å². The maximum absolute atomic E-state index is 3.77.